The van der Waals surface area contributed by atoms with Crippen LogP contribution in [0.4, 0.5) is 0 Å². The molecule has 0 spiro atoms. The zero-order chi connectivity index (χ0) is 20.3. The van der Waals surface area contributed by atoms with E-state index in [4.69, 9.17) is 9.15 Å². The highest BCUT2D eigenvalue weighted by Crippen LogP contribution is 2.32. The second kappa shape index (κ2) is 8.19. The second-order valence-corrected chi connectivity index (χ2v) is 8.82. The van der Waals surface area contributed by atoms with Crippen LogP contribution in [0.2, 0.25) is 0 Å². The molecule has 0 saturated heterocycles. The lowest BCUT2D eigenvalue weighted by molar-refractivity contribution is 0.0993. The predicted molar refractivity (Wildman–Crippen MR) is 111 cm³/mol. The van der Waals surface area contributed by atoms with Gasteiger partial charge in [0, 0.05) is 5.56 Å². The van der Waals surface area contributed by atoms with Gasteiger partial charge in [0.25, 0.3) is 11.1 Å². The first-order chi connectivity index (χ1) is 13.3. The lowest BCUT2D eigenvalue weighted by atomic mass is 9.86. The molecule has 0 aliphatic carbocycles. The minimum absolute atomic E-state index is 0.0301. The molecule has 0 N–H and O–H groups in total. The number of aromatic nitrogens is 2. The van der Waals surface area contributed by atoms with E-state index in [0.29, 0.717) is 22.4 Å². The van der Waals surface area contributed by atoms with Crippen LogP contribution >= 0.6 is 11.8 Å². The van der Waals surface area contributed by atoms with Crippen molar-refractivity contribution in [1.82, 2.24) is 10.2 Å². The van der Waals surface area contributed by atoms with Gasteiger partial charge in [-0.15, -0.1) is 10.2 Å². The molecule has 0 bridgehead atoms. The van der Waals surface area contributed by atoms with Gasteiger partial charge in [0.15, 0.2) is 5.78 Å². The summed E-state index contributed by atoms with van der Waals surface area (Å²) in [5, 5.41) is 8.17. The third-order valence-electron chi connectivity index (χ3n) is 4.43. The van der Waals surface area contributed by atoms with Gasteiger partial charge in [-0.3, -0.25) is 4.79 Å². The van der Waals surface area contributed by atoms with Crippen molar-refractivity contribution in [2.24, 2.45) is 0 Å². The minimum atomic E-state index is -0.341. The number of methoxy groups -OCH3 is 1. The van der Waals surface area contributed by atoms with Crippen LogP contribution in [0.3, 0.4) is 0 Å². The number of ether oxygens (including phenoxy) is 1. The molecule has 146 valence electrons. The van der Waals surface area contributed by atoms with Crippen molar-refractivity contribution >= 4 is 17.5 Å². The zero-order valence-corrected chi connectivity index (χ0v) is 17.5. The lowest BCUT2D eigenvalue weighted by Crippen LogP contribution is -2.15. The summed E-state index contributed by atoms with van der Waals surface area (Å²) in [5.74, 6) is 1.06. The van der Waals surface area contributed by atoms with E-state index >= 15 is 0 Å². The third kappa shape index (κ3) is 4.44. The van der Waals surface area contributed by atoms with Crippen molar-refractivity contribution in [1.29, 1.82) is 0 Å². The fourth-order valence-electron chi connectivity index (χ4n) is 2.76. The maximum Gasteiger partial charge on any atom is 0.277 e. The largest absolute Gasteiger partial charge is 0.496 e. The van der Waals surface area contributed by atoms with E-state index < -0.39 is 0 Å². The van der Waals surface area contributed by atoms with Crippen LogP contribution < -0.4 is 4.74 Å². The van der Waals surface area contributed by atoms with Crippen LogP contribution in [0.1, 0.15) is 43.6 Å². The van der Waals surface area contributed by atoms with E-state index in [1.807, 2.05) is 55.5 Å². The summed E-state index contributed by atoms with van der Waals surface area (Å²) in [6.45, 7) is 8.29. The molecule has 0 saturated carbocycles. The normalized spacial score (nSPS) is 12.6. The molecule has 1 atom stereocenters. The number of benzene rings is 2. The Balaban J connectivity index is 1.72. The van der Waals surface area contributed by atoms with Crippen molar-refractivity contribution in [3.05, 3.63) is 59.7 Å². The van der Waals surface area contributed by atoms with E-state index in [0.717, 1.165) is 5.56 Å². The predicted octanol–water partition coefficient (Wildman–Crippen LogP) is 5.41. The number of rotatable bonds is 6. The van der Waals surface area contributed by atoms with Crippen LogP contribution in [-0.2, 0) is 5.41 Å². The molecule has 0 aliphatic rings. The standard InChI is InChI=1S/C22H24N2O3S/c1-14(19(25)15-10-12-16(13-11-15)22(2,3)4)28-21-24-23-20(27-21)17-8-6-7-9-18(17)26-5/h6-14H,1-5H3. The van der Waals surface area contributed by atoms with Gasteiger partial charge in [0.1, 0.15) is 5.75 Å². The van der Waals surface area contributed by atoms with Crippen LogP contribution in [0.15, 0.2) is 58.2 Å². The molecule has 28 heavy (non-hydrogen) atoms. The first-order valence-electron chi connectivity index (χ1n) is 9.08. The molecule has 1 aromatic heterocycles. The van der Waals surface area contributed by atoms with Crippen LogP contribution in [0, 0.1) is 0 Å². The third-order valence-corrected chi connectivity index (χ3v) is 5.36. The topological polar surface area (TPSA) is 65.2 Å². The molecular formula is C22H24N2O3S. The SMILES string of the molecule is COc1ccccc1-c1nnc(SC(C)C(=O)c2ccc(C(C)(C)C)cc2)o1. The monoisotopic (exact) mass is 396 g/mol. The molecule has 0 aliphatic heterocycles. The molecular weight excluding hydrogens is 372 g/mol. The van der Waals surface area contributed by atoms with Crippen LogP contribution in [0.25, 0.3) is 11.5 Å². The quantitative estimate of drug-likeness (QED) is 0.410. The van der Waals surface area contributed by atoms with Crippen LogP contribution in [0.5, 0.6) is 5.75 Å². The average molecular weight is 397 g/mol. The van der Waals surface area contributed by atoms with E-state index in [2.05, 4.69) is 31.0 Å². The Bertz CT molecular complexity index is 958. The van der Waals surface area contributed by atoms with Gasteiger partial charge in [-0.25, -0.2) is 0 Å². The highest BCUT2D eigenvalue weighted by Gasteiger charge is 2.22. The molecule has 2 aromatic carbocycles. The smallest absolute Gasteiger partial charge is 0.277 e. The molecule has 3 rings (SSSR count). The van der Waals surface area contributed by atoms with Crippen molar-refractivity contribution in [2.45, 2.75) is 43.6 Å². The van der Waals surface area contributed by atoms with E-state index in [-0.39, 0.29) is 16.4 Å². The zero-order valence-electron chi connectivity index (χ0n) is 16.7. The fraction of sp³-hybridized carbons (Fsp3) is 0.318. The van der Waals surface area contributed by atoms with Gasteiger partial charge < -0.3 is 9.15 Å². The van der Waals surface area contributed by atoms with Gasteiger partial charge in [0.05, 0.1) is 17.9 Å². The number of hydrogen-bond acceptors (Lipinski definition) is 6. The summed E-state index contributed by atoms with van der Waals surface area (Å²) >= 11 is 1.25. The Labute approximate surface area is 169 Å². The Morgan fingerprint density at radius 3 is 2.39 bits per heavy atom. The minimum Gasteiger partial charge on any atom is -0.496 e. The van der Waals surface area contributed by atoms with Gasteiger partial charge >= 0.3 is 0 Å². The number of para-hydroxylation sites is 1. The Hall–Kier alpha value is -2.60. The van der Waals surface area contributed by atoms with Crippen molar-refractivity contribution in [3.8, 4) is 17.2 Å². The summed E-state index contributed by atoms with van der Waals surface area (Å²) in [7, 11) is 1.59. The highest BCUT2D eigenvalue weighted by molar-refractivity contribution is 8.00. The lowest BCUT2D eigenvalue weighted by Gasteiger charge is -2.19. The Morgan fingerprint density at radius 2 is 1.75 bits per heavy atom. The number of hydrogen-bond donors (Lipinski definition) is 0. The fourth-order valence-corrected chi connectivity index (χ4v) is 3.52. The van der Waals surface area contributed by atoms with E-state index in [1.165, 1.54) is 17.3 Å². The molecule has 0 fully saturated rings. The maximum atomic E-state index is 12.8. The van der Waals surface area contributed by atoms with Crippen molar-refractivity contribution in [3.63, 3.8) is 0 Å². The summed E-state index contributed by atoms with van der Waals surface area (Å²) < 4.78 is 11.1. The van der Waals surface area contributed by atoms with E-state index in [9.17, 15) is 4.79 Å². The number of nitrogens with zero attached hydrogens (tertiary/aromatic N) is 2. The molecule has 0 radical (unpaired) electrons. The van der Waals surface area contributed by atoms with Gasteiger partial charge in [-0.1, -0.05) is 68.9 Å². The summed E-state index contributed by atoms with van der Waals surface area (Å²) in [4.78, 5) is 12.8. The summed E-state index contributed by atoms with van der Waals surface area (Å²) in [6, 6.07) is 15.2. The Morgan fingerprint density at radius 1 is 1.07 bits per heavy atom. The summed E-state index contributed by atoms with van der Waals surface area (Å²) in [5.41, 5.74) is 2.65. The number of ketones is 1. The molecule has 1 unspecified atom stereocenters. The van der Waals surface area contributed by atoms with Gasteiger partial charge in [-0.2, -0.15) is 0 Å². The molecule has 6 heteroatoms. The summed E-state index contributed by atoms with van der Waals surface area (Å²) in [6.07, 6.45) is 0. The second-order valence-electron chi connectivity index (χ2n) is 7.53. The Kier molecular flexibility index (Phi) is 5.89. The first kappa shape index (κ1) is 20.1. The maximum absolute atomic E-state index is 12.8. The molecule has 0 amide bonds. The average Bonchev–Trinajstić information content (AvgIpc) is 3.15. The van der Waals surface area contributed by atoms with Crippen molar-refractivity contribution < 1.29 is 13.9 Å². The highest BCUT2D eigenvalue weighted by atomic mass is 32.2. The number of Topliss-reactive ketones (excluding diaryl/α,β-unsaturated/α-hetero) is 1. The van der Waals surface area contributed by atoms with E-state index in [1.54, 1.807) is 7.11 Å². The number of thioether (sulfide) groups is 1. The van der Waals surface area contributed by atoms with Crippen LogP contribution in [-0.4, -0.2) is 28.3 Å². The van der Waals surface area contributed by atoms with Crippen molar-refractivity contribution in [2.75, 3.05) is 7.11 Å². The molecule has 3 aromatic rings. The molecule has 1 heterocycles. The number of carbonyl (C=O) groups is 1. The van der Waals surface area contributed by atoms with Gasteiger partial charge in [0.2, 0.25) is 0 Å². The molecule has 5 nitrogen and oxygen atoms in total. The first-order valence-corrected chi connectivity index (χ1v) is 9.96. The number of carbonyl (C=O) groups excluding carboxylic acids is 1. The van der Waals surface area contributed by atoms with Gasteiger partial charge in [-0.05, 0) is 30.0 Å².